The minimum atomic E-state index is -0.896. The van der Waals surface area contributed by atoms with Crippen LogP contribution in [0.25, 0.3) is 32.2 Å². The van der Waals surface area contributed by atoms with Gasteiger partial charge in [0.2, 0.25) is 0 Å². The van der Waals surface area contributed by atoms with Crippen LogP contribution in [0.3, 0.4) is 0 Å². The standard InChI is InChI=1S/C29H29ClF3N7OS/c30-19-7-18-23(22(33)21(19)17-2-3-20(32)25-24(17)36-27(34)42-25)37-28(38-26(18)39-10-14-6-16(12-39)35-9-14)41-13-29-4-1-5-40(29)11-15(31)8-29/h2-3,7,14-16,35H,1,4-6,8-13H2,(H2,34,36)/t14?,15-,16?,29+/m1/s1. The summed E-state index contributed by atoms with van der Waals surface area (Å²) in [7, 11) is 0. The van der Waals surface area contributed by atoms with Gasteiger partial charge in [0.05, 0.1) is 20.8 Å². The maximum Gasteiger partial charge on any atom is 0.319 e. The topological polar surface area (TPSA) is 92.4 Å². The predicted molar refractivity (Wildman–Crippen MR) is 158 cm³/mol. The van der Waals surface area contributed by atoms with E-state index >= 15 is 4.39 Å². The van der Waals surface area contributed by atoms with Crippen LogP contribution in [0, 0.1) is 17.6 Å². The Kier molecular flexibility index (Phi) is 6.22. The van der Waals surface area contributed by atoms with Gasteiger partial charge >= 0.3 is 6.01 Å². The number of piperidine rings is 1. The van der Waals surface area contributed by atoms with Crippen LogP contribution in [0.2, 0.25) is 5.02 Å². The molecule has 13 heteroatoms. The largest absolute Gasteiger partial charge is 0.461 e. The molecule has 0 amide bonds. The highest BCUT2D eigenvalue weighted by Gasteiger charge is 2.49. The molecule has 2 bridgehead atoms. The summed E-state index contributed by atoms with van der Waals surface area (Å²) >= 11 is 7.78. The molecule has 8 rings (SSSR count). The number of benzene rings is 2. The van der Waals surface area contributed by atoms with Crippen LogP contribution >= 0.6 is 22.9 Å². The number of thiazole rings is 1. The van der Waals surface area contributed by atoms with Gasteiger partial charge in [0.15, 0.2) is 10.9 Å². The third-order valence-electron chi connectivity index (χ3n) is 9.39. The van der Waals surface area contributed by atoms with Gasteiger partial charge in [-0.25, -0.2) is 18.2 Å². The van der Waals surface area contributed by atoms with Gasteiger partial charge in [-0.2, -0.15) is 9.97 Å². The predicted octanol–water partition coefficient (Wildman–Crippen LogP) is 5.17. The summed E-state index contributed by atoms with van der Waals surface area (Å²) in [5.41, 5.74) is 6.17. The number of anilines is 2. The lowest BCUT2D eigenvalue weighted by atomic mass is 9.95. The maximum absolute atomic E-state index is 16.7. The van der Waals surface area contributed by atoms with Crippen molar-refractivity contribution in [2.75, 3.05) is 50.0 Å². The van der Waals surface area contributed by atoms with Crippen LogP contribution in [0.1, 0.15) is 25.7 Å². The molecule has 42 heavy (non-hydrogen) atoms. The van der Waals surface area contributed by atoms with Crippen molar-refractivity contribution in [2.45, 2.75) is 43.4 Å². The molecule has 4 aliphatic rings. The molecule has 4 aromatic rings. The normalized spacial score (nSPS) is 27.4. The summed E-state index contributed by atoms with van der Waals surface area (Å²) in [5, 5.41) is 4.32. The zero-order chi connectivity index (χ0) is 28.7. The first-order valence-electron chi connectivity index (χ1n) is 14.3. The molecule has 8 nitrogen and oxygen atoms in total. The molecule has 220 valence electrons. The van der Waals surface area contributed by atoms with Crippen LogP contribution in [0.15, 0.2) is 18.2 Å². The van der Waals surface area contributed by atoms with E-state index < -0.39 is 23.3 Å². The van der Waals surface area contributed by atoms with E-state index in [4.69, 9.17) is 27.1 Å². The third-order valence-corrected chi connectivity index (χ3v) is 10.6. The summed E-state index contributed by atoms with van der Waals surface area (Å²) in [5.74, 6) is -0.157. The number of ether oxygens (including phenoxy) is 1. The lowest BCUT2D eigenvalue weighted by Gasteiger charge is -2.33. The molecular weight excluding hydrogens is 587 g/mol. The summed E-state index contributed by atoms with van der Waals surface area (Å²) in [6.07, 6.45) is 2.41. The molecule has 0 aliphatic carbocycles. The second-order valence-electron chi connectivity index (χ2n) is 12.1. The molecule has 0 spiro atoms. The SMILES string of the molecule is Nc1nc2c(-c3c(Cl)cc4c(N5CC6CNC(C6)C5)nc(OC[C@@]56CCCN5C[C@H](F)C6)nc4c3F)ccc(F)c2s1. The Balaban J connectivity index is 1.27. The third kappa shape index (κ3) is 4.21. The first kappa shape index (κ1) is 26.7. The van der Waals surface area contributed by atoms with E-state index in [-0.39, 0.29) is 44.1 Å². The van der Waals surface area contributed by atoms with Crippen LogP contribution in [0.5, 0.6) is 6.01 Å². The van der Waals surface area contributed by atoms with Crippen LogP contribution in [0.4, 0.5) is 24.1 Å². The number of nitrogen functional groups attached to an aromatic ring is 1. The first-order valence-corrected chi connectivity index (χ1v) is 15.5. The first-order chi connectivity index (χ1) is 20.3. The highest BCUT2D eigenvalue weighted by atomic mass is 35.5. The quantitative estimate of drug-likeness (QED) is 0.318. The fraction of sp³-hybridized carbons (Fsp3) is 0.483. The van der Waals surface area contributed by atoms with E-state index in [9.17, 15) is 8.78 Å². The van der Waals surface area contributed by atoms with Crippen molar-refractivity contribution >= 4 is 55.0 Å². The van der Waals surface area contributed by atoms with Gasteiger partial charge in [-0.15, -0.1) is 0 Å². The second kappa shape index (κ2) is 9.80. The molecule has 6 heterocycles. The number of aromatic nitrogens is 3. The zero-order valence-electron chi connectivity index (χ0n) is 22.7. The Morgan fingerprint density at radius 3 is 2.90 bits per heavy atom. The monoisotopic (exact) mass is 615 g/mol. The number of alkyl halides is 1. The average molecular weight is 616 g/mol. The number of nitrogens with zero attached hydrogens (tertiary/aromatic N) is 5. The number of nitrogens with two attached hydrogens (primary N) is 1. The van der Waals surface area contributed by atoms with E-state index in [1.807, 2.05) is 0 Å². The average Bonchev–Trinajstić information content (AvgIpc) is 3.70. The van der Waals surface area contributed by atoms with Crippen molar-refractivity contribution in [3.63, 3.8) is 0 Å². The minimum Gasteiger partial charge on any atom is -0.461 e. The summed E-state index contributed by atoms with van der Waals surface area (Å²) < 4.78 is 52.1. The molecule has 3 N–H and O–H groups in total. The van der Waals surface area contributed by atoms with Gasteiger partial charge in [0.25, 0.3) is 0 Å². The Labute approximate surface area is 249 Å². The van der Waals surface area contributed by atoms with Crippen molar-refractivity contribution in [1.29, 1.82) is 0 Å². The van der Waals surface area contributed by atoms with Crippen LogP contribution in [-0.2, 0) is 0 Å². The number of halogens is 4. The van der Waals surface area contributed by atoms with E-state index in [1.165, 1.54) is 12.1 Å². The summed E-state index contributed by atoms with van der Waals surface area (Å²) in [4.78, 5) is 18.0. The van der Waals surface area contributed by atoms with Crippen LogP contribution < -0.4 is 20.7 Å². The van der Waals surface area contributed by atoms with Crippen LogP contribution in [-0.4, -0.2) is 76.9 Å². The second-order valence-corrected chi connectivity index (χ2v) is 13.5. The number of hydrogen-bond acceptors (Lipinski definition) is 9. The van der Waals surface area contributed by atoms with Gasteiger partial charge in [-0.3, -0.25) is 4.90 Å². The Morgan fingerprint density at radius 2 is 2.05 bits per heavy atom. The number of nitrogens with one attached hydrogen (secondary N) is 1. The van der Waals surface area contributed by atoms with Crippen molar-refractivity contribution in [3.05, 3.63) is 34.9 Å². The maximum atomic E-state index is 16.7. The van der Waals surface area contributed by atoms with E-state index in [2.05, 4.69) is 25.1 Å². The van der Waals surface area contributed by atoms with Gasteiger partial charge in [0.1, 0.15) is 29.9 Å². The molecule has 4 aliphatic heterocycles. The molecule has 4 atom stereocenters. The lowest BCUT2D eigenvalue weighted by molar-refractivity contribution is 0.107. The van der Waals surface area contributed by atoms with Crippen molar-refractivity contribution in [2.24, 2.45) is 5.92 Å². The van der Waals surface area contributed by atoms with Crippen molar-refractivity contribution in [3.8, 4) is 17.1 Å². The Hall–Kier alpha value is -2.93. The van der Waals surface area contributed by atoms with Gasteiger partial charge in [0, 0.05) is 55.2 Å². The van der Waals surface area contributed by atoms with Gasteiger partial charge in [-0.05, 0) is 49.9 Å². The summed E-state index contributed by atoms with van der Waals surface area (Å²) in [6.45, 7) is 3.85. The van der Waals surface area contributed by atoms with E-state index in [1.54, 1.807) is 6.07 Å². The Morgan fingerprint density at radius 1 is 1.17 bits per heavy atom. The molecule has 2 aromatic carbocycles. The highest BCUT2D eigenvalue weighted by molar-refractivity contribution is 7.22. The molecular formula is C29H29ClF3N7OS. The Bertz CT molecular complexity index is 1730. The number of rotatable bonds is 5. The fourth-order valence-corrected chi connectivity index (χ4v) is 8.62. The number of fused-ring (bicyclic) bond motifs is 5. The molecule has 4 saturated heterocycles. The number of hydrogen-bond donors (Lipinski definition) is 2. The zero-order valence-corrected chi connectivity index (χ0v) is 24.2. The molecule has 0 saturated carbocycles. The van der Waals surface area contributed by atoms with E-state index in [0.717, 1.165) is 50.2 Å². The minimum absolute atomic E-state index is 0.0428. The van der Waals surface area contributed by atoms with E-state index in [0.29, 0.717) is 48.2 Å². The smallest absolute Gasteiger partial charge is 0.319 e. The lowest BCUT2D eigenvalue weighted by Crippen LogP contribution is -2.44. The van der Waals surface area contributed by atoms with Gasteiger partial charge in [-0.1, -0.05) is 22.9 Å². The van der Waals surface area contributed by atoms with Gasteiger partial charge < -0.3 is 20.7 Å². The molecule has 4 fully saturated rings. The molecule has 2 unspecified atom stereocenters. The van der Waals surface area contributed by atoms with Crippen molar-refractivity contribution in [1.82, 2.24) is 25.2 Å². The highest BCUT2D eigenvalue weighted by Crippen LogP contribution is 2.44. The molecule has 0 radical (unpaired) electrons. The summed E-state index contributed by atoms with van der Waals surface area (Å²) in [6, 6.07) is 4.75. The van der Waals surface area contributed by atoms with Crippen molar-refractivity contribution < 1.29 is 17.9 Å². The molecule has 2 aromatic heterocycles. The fourth-order valence-electron chi connectivity index (χ4n) is 7.56.